The van der Waals surface area contributed by atoms with Crippen LogP contribution in [0, 0.1) is 0 Å². The van der Waals surface area contributed by atoms with Gasteiger partial charge in [0.1, 0.15) is 0 Å². The van der Waals surface area contributed by atoms with Gasteiger partial charge in [-0.1, -0.05) is 12.1 Å². The molecule has 5 nitrogen and oxygen atoms in total. The Bertz CT molecular complexity index is 723. The van der Waals surface area contributed by atoms with Gasteiger partial charge in [-0.05, 0) is 36.1 Å². The molecule has 0 saturated carbocycles. The number of halogens is 1. The fourth-order valence-corrected chi connectivity index (χ4v) is 2.74. The Balaban J connectivity index is 0.00000225. The van der Waals surface area contributed by atoms with E-state index in [2.05, 4.69) is 40.8 Å². The molecule has 25 heavy (non-hydrogen) atoms. The Hall–Kier alpha value is -1.61. The van der Waals surface area contributed by atoms with Crippen molar-refractivity contribution in [2.24, 2.45) is 10.7 Å². The van der Waals surface area contributed by atoms with Crippen molar-refractivity contribution in [3.05, 3.63) is 48.0 Å². The van der Waals surface area contributed by atoms with Gasteiger partial charge >= 0.3 is 0 Å². The second-order valence-electron chi connectivity index (χ2n) is 5.39. The predicted octanol–water partition coefficient (Wildman–Crippen LogP) is 4.11. The van der Waals surface area contributed by atoms with Crippen LogP contribution in [0.25, 0.3) is 0 Å². The number of thioether (sulfide) groups is 1. The van der Waals surface area contributed by atoms with Gasteiger partial charge in [0.05, 0.1) is 19.8 Å². The summed E-state index contributed by atoms with van der Waals surface area (Å²) < 4.78 is 11.3. The number of aliphatic imine (C=N–C) groups is 1. The predicted molar refractivity (Wildman–Crippen MR) is 115 cm³/mol. The van der Waals surface area contributed by atoms with E-state index >= 15 is 0 Å². The van der Waals surface area contributed by atoms with Crippen LogP contribution in [-0.4, -0.2) is 25.4 Å². The van der Waals surface area contributed by atoms with Gasteiger partial charge < -0.3 is 20.5 Å². The molecule has 0 spiro atoms. The van der Waals surface area contributed by atoms with E-state index in [0.717, 1.165) is 29.2 Å². The van der Waals surface area contributed by atoms with Crippen LogP contribution >= 0.6 is 35.7 Å². The molecular formula is C18H22IN3O2S. The summed E-state index contributed by atoms with van der Waals surface area (Å²) in [6.07, 6.45) is 2.95. The third kappa shape index (κ3) is 5.71. The Morgan fingerprint density at radius 2 is 1.84 bits per heavy atom. The number of rotatable bonds is 4. The van der Waals surface area contributed by atoms with Gasteiger partial charge in [-0.2, -0.15) is 0 Å². The number of nitrogens with zero attached hydrogens (tertiary/aromatic N) is 1. The minimum absolute atomic E-state index is 0. The first-order valence-electron chi connectivity index (χ1n) is 7.84. The number of benzene rings is 2. The van der Waals surface area contributed by atoms with Crippen molar-refractivity contribution in [1.29, 1.82) is 0 Å². The van der Waals surface area contributed by atoms with E-state index in [9.17, 15) is 0 Å². The third-order valence-corrected chi connectivity index (χ3v) is 4.35. The van der Waals surface area contributed by atoms with E-state index in [0.29, 0.717) is 25.7 Å². The lowest BCUT2D eigenvalue weighted by atomic mass is 10.2. The summed E-state index contributed by atoms with van der Waals surface area (Å²) in [7, 11) is 0. The van der Waals surface area contributed by atoms with Crippen molar-refractivity contribution in [3.63, 3.8) is 0 Å². The van der Waals surface area contributed by atoms with Crippen molar-refractivity contribution in [2.75, 3.05) is 24.8 Å². The summed E-state index contributed by atoms with van der Waals surface area (Å²) in [5.41, 5.74) is 7.93. The molecule has 0 unspecified atom stereocenters. The fourth-order valence-electron chi connectivity index (χ4n) is 2.34. The van der Waals surface area contributed by atoms with E-state index in [1.165, 1.54) is 4.90 Å². The van der Waals surface area contributed by atoms with Gasteiger partial charge in [-0.25, -0.2) is 4.99 Å². The Morgan fingerprint density at radius 1 is 1.12 bits per heavy atom. The van der Waals surface area contributed by atoms with Crippen molar-refractivity contribution in [2.45, 2.75) is 17.9 Å². The molecule has 3 N–H and O–H groups in total. The molecule has 7 heteroatoms. The first-order chi connectivity index (χ1) is 11.7. The molecule has 0 radical (unpaired) electrons. The van der Waals surface area contributed by atoms with Crippen molar-refractivity contribution < 1.29 is 9.47 Å². The maximum atomic E-state index is 5.98. The zero-order chi connectivity index (χ0) is 16.8. The molecule has 1 aliphatic rings. The van der Waals surface area contributed by atoms with Crippen molar-refractivity contribution >= 4 is 47.4 Å². The van der Waals surface area contributed by atoms with Gasteiger partial charge in [0.25, 0.3) is 0 Å². The summed E-state index contributed by atoms with van der Waals surface area (Å²) in [5, 5.41) is 3.09. The van der Waals surface area contributed by atoms with E-state index in [4.69, 9.17) is 15.2 Å². The van der Waals surface area contributed by atoms with Crippen LogP contribution in [0.4, 0.5) is 5.69 Å². The number of hydrogen-bond acceptors (Lipinski definition) is 4. The van der Waals surface area contributed by atoms with Gasteiger partial charge in [0.15, 0.2) is 17.5 Å². The molecule has 0 aliphatic carbocycles. The molecular weight excluding hydrogens is 449 g/mol. The quantitative estimate of drug-likeness (QED) is 0.304. The largest absolute Gasteiger partial charge is 0.490 e. The number of anilines is 1. The van der Waals surface area contributed by atoms with Gasteiger partial charge in [0, 0.05) is 23.1 Å². The molecule has 0 saturated heterocycles. The maximum absolute atomic E-state index is 5.98. The molecule has 0 atom stereocenters. The minimum Gasteiger partial charge on any atom is -0.490 e. The van der Waals surface area contributed by atoms with Crippen molar-refractivity contribution in [3.8, 4) is 11.5 Å². The summed E-state index contributed by atoms with van der Waals surface area (Å²) in [6, 6.07) is 14.0. The lowest BCUT2D eigenvalue weighted by Crippen LogP contribution is -2.22. The molecule has 0 amide bonds. The summed E-state index contributed by atoms with van der Waals surface area (Å²) >= 11 is 1.72. The first-order valence-corrected chi connectivity index (χ1v) is 9.06. The van der Waals surface area contributed by atoms with Gasteiger partial charge in [-0.3, -0.25) is 0 Å². The van der Waals surface area contributed by atoms with Crippen LogP contribution in [-0.2, 0) is 6.54 Å². The highest BCUT2D eigenvalue weighted by atomic mass is 127. The topological polar surface area (TPSA) is 68.9 Å². The summed E-state index contributed by atoms with van der Waals surface area (Å²) in [6.45, 7) is 1.88. The second kappa shape index (κ2) is 9.76. The van der Waals surface area contributed by atoms with Crippen LogP contribution in [0.5, 0.6) is 11.5 Å². The lowest BCUT2D eigenvalue weighted by molar-refractivity contribution is 0.297. The highest BCUT2D eigenvalue weighted by Crippen LogP contribution is 2.32. The number of nitrogens with two attached hydrogens (primary N) is 1. The molecule has 134 valence electrons. The Morgan fingerprint density at radius 3 is 2.56 bits per heavy atom. The minimum atomic E-state index is 0. The van der Waals surface area contributed by atoms with Gasteiger partial charge in [0.2, 0.25) is 0 Å². The van der Waals surface area contributed by atoms with Gasteiger partial charge in [-0.15, -0.1) is 35.7 Å². The zero-order valence-corrected chi connectivity index (χ0v) is 17.2. The van der Waals surface area contributed by atoms with E-state index in [1.54, 1.807) is 11.8 Å². The molecule has 0 aromatic heterocycles. The Labute approximate surface area is 169 Å². The third-order valence-electron chi connectivity index (χ3n) is 3.61. The summed E-state index contributed by atoms with van der Waals surface area (Å²) in [5.74, 6) is 1.87. The molecule has 0 fully saturated rings. The highest BCUT2D eigenvalue weighted by molar-refractivity contribution is 14.0. The van der Waals surface area contributed by atoms with E-state index < -0.39 is 0 Å². The monoisotopic (exact) mass is 471 g/mol. The maximum Gasteiger partial charge on any atom is 0.193 e. The fraction of sp³-hybridized carbons (Fsp3) is 0.278. The summed E-state index contributed by atoms with van der Waals surface area (Å²) in [4.78, 5) is 5.62. The highest BCUT2D eigenvalue weighted by Gasteiger charge is 2.10. The number of ether oxygens (including phenoxy) is 2. The average Bonchev–Trinajstić information content (AvgIpc) is 2.85. The van der Waals surface area contributed by atoms with E-state index in [-0.39, 0.29) is 24.0 Å². The smallest absolute Gasteiger partial charge is 0.193 e. The average molecular weight is 471 g/mol. The molecule has 1 aliphatic heterocycles. The SMILES string of the molecule is CSc1ccc(CN=C(N)Nc2ccc3c(c2)OCCCO3)cc1.I. The first kappa shape index (κ1) is 19.7. The Kier molecular flexibility index (Phi) is 7.70. The van der Waals surface area contributed by atoms with Crippen LogP contribution in [0.15, 0.2) is 52.4 Å². The molecule has 2 aromatic carbocycles. The van der Waals surface area contributed by atoms with E-state index in [1.807, 2.05) is 18.2 Å². The number of guanidine groups is 1. The molecule has 3 rings (SSSR count). The van der Waals surface area contributed by atoms with Crippen LogP contribution < -0.4 is 20.5 Å². The normalized spacial score (nSPS) is 13.6. The molecule has 2 aromatic rings. The lowest BCUT2D eigenvalue weighted by Gasteiger charge is -2.10. The number of nitrogens with one attached hydrogen (secondary N) is 1. The number of fused-ring (bicyclic) bond motifs is 1. The standard InChI is InChI=1S/C18H21N3O2S.HI/c1-24-15-6-3-13(4-7-15)12-20-18(19)21-14-5-8-16-17(11-14)23-10-2-9-22-16;/h3-8,11H,2,9-10,12H2,1H3,(H3,19,20,21);1H. The van der Waals surface area contributed by atoms with Crippen LogP contribution in [0.3, 0.4) is 0 Å². The number of hydrogen-bond donors (Lipinski definition) is 2. The molecule has 0 bridgehead atoms. The zero-order valence-electron chi connectivity index (χ0n) is 14.0. The van der Waals surface area contributed by atoms with Crippen molar-refractivity contribution in [1.82, 2.24) is 0 Å². The van der Waals surface area contributed by atoms with Crippen LogP contribution in [0.1, 0.15) is 12.0 Å². The van der Waals surface area contributed by atoms with Crippen LogP contribution in [0.2, 0.25) is 0 Å². The molecule has 1 heterocycles. The second-order valence-corrected chi connectivity index (χ2v) is 6.27.